The van der Waals surface area contributed by atoms with Crippen molar-refractivity contribution in [2.24, 2.45) is 39.6 Å². The van der Waals surface area contributed by atoms with Gasteiger partial charge in [-0.15, -0.1) is 0 Å². The number of rotatable bonds is 15. The molecular formula is C53H78N6O3. The van der Waals surface area contributed by atoms with E-state index in [2.05, 4.69) is 96.6 Å². The zero-order chi connectivity index (χ0) is 44.0. The van der Waals surface area contributed by atoms with Crippen LogP contribution < -0.4 is 15.5 Å². The Morgan fingerprint density at radius 1 is 1.08 bits per heavy atom. The van der Waals surface area contributed by atoms with Gasteiger partial charge in [-0.2, -0.15) is 0 Å². The lowest BCUT2D eigenvalue weighted by Gasteiger charge is -2.41. The third kappa shape index (κ3) is 10.3. The number of piperidine rings is 1. The topological polar surface area (TPSA) is 98.6 Å². The molecule has 9 heteroatoms. The number of hydrogen-bond donors (Lipinski definition) is 2. The van der Waals surface area contributed by atoms with E-state index in [1.165, 1.54) is 90.7 Å². The average molecular weight is 847 g/mol. The number of morpholine rings is 1. The van der Waals surface area contributed by atoms with Crippen molar-refractivity contribution in [3.8, 4) is 0 Å². The SMILES string of the molecule is CCCC(C/C=C(\C=NC)NC1N=CC2=C(CC1C)CN(C1=CC(C)C3OCCNC3=C1C)CC2)CCCCC1CCN(c2ccc(C3(C)CCC(=O)C(C)C3=O)c(C)c2)CC1. The van der Waals surface area contributed by atoms with Crippen molar-refractivity contribution in [2.45, 2.75) is 150 Å². The van der Waals surface area contributed by atoms with Crippen molar-refractivity contribution >= 4 is 29.7 Å². The van der Waals surface area contributed by atoms with Crippen molar-refractivity contribution in [3.05, 3.63) is 75.3 Å². The van der Waals surface area contributed by atoms with Crippen LogP contribution in [0.2, 0.25) is 0 Å². The first-order valence-corrected chi connectivity index (χ1v) is 24.5. The summed E-state index contributed by atoms with van der Waals surface area (Å²) in [6, 6.07) is 6.66. The zero-order valence-electron chi connectivity index (χ0n) is 39.5. The lowest BCUT2D eigenvalue weighted by atomic mass is 9.65. The first-order valence-electron chi connectivity index (χ1n) is 24.5. The number of Topliss-reactive ketones (excluding diaryl/α,β-unsaturated/α-hetero) is 2. The van der Waals surface area contributed by atoms with Crippen LogP contribution in [0.25, 0.3) is 0 Å². The Morgan fingerprint density at radius 2 is 1.89 bits per heavy atom. The molecule has 2 N–H and O–H groups in total. The molecular weight excluding hydrogens is 769 g/mol. The molecule has 338 valence electrons. The highest BCUT2D eigenvalue weighted by Gasteiger charge is 2.45. The molecule has 4 aliphatic heterocycles. The van der Waals surface area contributed by atoms with Crippen LogP contribution in [0.1, 0.15) is 136 Å². The van der Waals surface area contributed by atoms with E-state index in [1.54, 1.807) is 6.92 Å². The Hall–Kier alpha value is -3.98. The number of unbranched alkanes of at least 4 members (excludes halogenated alkanes) is 1. The molecule has 0 amide bonds. The maximum atomic E-state index is 13.2. The second-order valence-corrected chi connectivity index (χ2v) is 20.1. The monoisotopic (exact) mass is 847 g/mol. The molecule has 3 fully saturated rings. The van der Waals surface area contributed by atoms with Gasteiger partial charge >= 0.3 is 0 Å². The Morgan fingerprint density at radius 3 is 2.65 bits per heavy atom. The Bertz CT molecular complexity index is 1970. The minimum atomic E-state index is -0.568. The quantitative estimate of drug-likeness (QED) is 0.103. The van der Waals surface area contributed by atoms with Crippen LogP contribution in [0.4, 0.5) is 5.69 Å². The highest BCUT2D eigenvalue weighted by molar-refractivity contribution is 6.09. The molecule has 0 aromatic heterocycles. The van der Waals surface area contributed by atoms with Crippen molar-refractivity contribution < 1.29 is 14.3 Å². The van der Waals surface area contributed by atoms with Crippen LogP contribution in [0.3, 0.4) is 0 Å². The van der Waals surface area contributed by atoms with Gasteiger partial charge in [0.15, 0.2) is 5.78 Å². The standard InChI is InChI=1S/C53H78N6O3/c1-9-12-40(13-10-11-14-41-20-25-58(26-21-41)45-17-18-46(35(2)30-45)53(7)23-19-48(60)39(6)51(53)61)15-16-44(33-54-8)57-52-37(4)29-43-34-59(27-22-42(43)32-56-52)47-31-36(3)50-49(38(47)5)55-24-28-62-50/h16-18,30-33,36-37,39-41,50,52,55,57H,9-15,19-29,34H2,1-8H3/b44-16+,54-33?. The summed E-state index contributed by atoms with van der Waals surface area (Å²) in [6.45, 7) is 21.0. The van der Waals surface area contributed by atoms with Gasteiger partial charge in [0, 0.05) is 93.2 Å². The van der Waals surface area contributed by atoms with Gasteiger partial charge in [0.25, 0.3) is 0 Å². The van der Waals surface area contributed by atoms with Crippen molar-refractivity contribution in [1.29, 1.82) is 0 Å². The maximum Gasteiger partial charge on any atom is 0.153 e. The number of hydrogen-bond acceptors (Lipinski definition) is 9. The summed E-state index contributed by atoms with van der Waals surface area (Å²) in [5.41, 5.74) is 11.0. The molecule has 7 unspecified atom stereocenters. The van der Waals surface area contributed by atoms with Crippen LogP contribution in [-0.4, -0.2) is 87.5 Å². The average Bonchev–Trinajstić information content (AvgIpc) is 3.43. The number of carbonyl (C=O) groups excluding carboxylic acids is 2. The highest BCUT2D eigenvalue weighted by atomic mass is 16.5. The fourth-order valence-corrected chi connectivity index (χ4v) is 11.6. The van der Waals surface area contributed by atoms with Crippen molar-refractivity contribution in [3.63, 3.8) is 0 Å². The second-order valence-electron chi connectivity index (χ2n) is 20.1. The molecule has 0 spiro atoms. The van der Waals surface area contributed by atoms with Crippen molar-refractivity contribution in [1.82, 2.24) is 15.5 Å². The molecule has 9 nitrogen and oxygen atoms in total. The van der Waals surface area contributed by atoms with E-state index in [-0.39, 0.29) is 23.8 Å². The maximum absolute atomic E-state index is 13.2. The van der Waals surface area contributed by atoms with E-state index in [1.807, 2.05) is 20.2 Å². The number of ketones is 2. The molecule has 62 heavy (non-hydrogen) atoms. The summed E-state index contributed by atoms with van der Waals surface area (Å²) < 4.78 is 6.16. The van der Waals surface area contributed by atoms with Gasteiger partial charge < -0.3 is 25.2 Å². The number of benzene rings is 1. The molecule has 1 aromatic carbocycles. The third-order valence-corrected chi connectivity index (χ3v) is 15.5. The first kappa shape index (κ1) is 46.0. The predicted octanol–water partition coefficient (Wildman–Crippen LogP) is 9.81. The number of fused-ring (bicyclic) bond motifs is 1. The number of anilines is 1. The summed E-state index contributed by atoms with van der Waals surface area (Å²) in [6.07, 6.45) is 23.6. The van der Waals surface area contributed by atoms with Crippen LogP contribution in [0.15, 0.2) is 74.1 Å². The smallest absolute Gasteiger partial charge is 0.153 e. The van der Waals surface area contributed by atoms with Gasteiger partial charge in [-0.25, -0.2) is 0 Å². The van der Waals surface area contributed by atoms with Crippen LogP contribution in [-0.2, 0) is 19.7 Å². The Balaban J connectivity index is 0.859. The van der Waals surface area contributed by atoms with Crippen molar-refractivity contribution in [2.75, 3.05) is 51.3 Å². The van der Waals surface area contributed by atoms with Crippen LogP contribution in [0, 0.1) is 36.5 Å². The number of carbonyl (C=O) groups is 2. The lowest BCUT2D eigenvalue weighted by molar-refractivity contribution is -0.139. The fraction of sp³-hybridized carbons (Fsp3) is 0.660. The Labute approximate surface area is 374 Å². The molecule has 2 saturated heterocycles. The molecule has 7 rings (SSSR count). The summed E-state index contributed by atoms with van der Waals surface area (Å²) in [5.74, 6) is 1.87. The van der Waals surface area contributed by atoms with E-state index in [9.17, 15) is 9.59 Å². The van der Waals surface area contributed by atoms with Gasteiger partial charge in [0.2, 0.25) is 0 Å². The molecule has 1 aromatic rings. The number of aryl methyl sites for hydroxylation is 1. The lowest BCUT2D eigenvalue weighted by Crippen LogP contribution is -2.44. The molecule has 4 heterocycles. The summed E-state index contributed by atoms with van der Waals surface area (Å²) in [4.78, 5) is 40.2. The largest absolute Gasteiger partial charge is 0.384 e. The second kappa shape index (κ2) is 20.7. The molecule has 7 atom stereocenters. The fourth-order valence-electron chi connectivity index (χ4n) is 11.6. The van der Waals surface area contributed by atoms with E-state index in [0.29, 0.717) is 30.6 Å². The third-order valence-electron chi connectivity index (χ3n) is 15.5. The molecule has 2 aliphatic carbocycles. The van der Waals surface area contributed by atoms with Crippen LogP contribution in [0.5, 0.6) is 0 Å². The van der Waals surface area contributed by atoms with Gasteiger partial charge in [-0.05, 0) is 118 Å². The van der Waals surface area contributed by atoms with Crippen LogP contribution >= 0.6 is 0 Å². The summed E-state index contributed by atoms with van der Waals surface area (Å²) >= 11 is 0. The van der Waals surface area contributed by atoms with E-state index < -0.39 is 11.3 Å². The number of ether oxygens (including phenoxy) is 1. The number of allylic oxidation sites excluding steroid dienone is 3. The van der Waals surface area contributed by atoms with E-state index in [4.69, 9.17) is 9.73 Å². The predicted molar refractivity (Wildman–Crippen MR) is 256 cm³/mol. The molecule has 6 aliphatic rings. The Kier molecular flexibility index (Phi) is 15.4. The zero-order valence-corrected chi connectivity index (χ0v) is 39.5. The molecule has 0 radical (unpaired) electrons. The van der Waals surface area contributed by atoms with Gasteiger partial charge in [0.05, 0.1) is 17.9 Å². The minimum Gasteiger partial charge on any atom is -0.384 e. The number of nitrogens with one attached hydrogen (secondary N) is 2. The number of nitrogens with zero attached hydrogens (tertiary/aromatic N) is 4. The summed E-state index contributed by atoms with van der Waals surface area (Å²) in [7, 11) is 1.87. The van der Waals surface area contributed by atoms with E-state index in [0.717, 1.165) is 75.8 Å². The molecule has 1 saturated carbocycles. The normalized spacial score (nSPS) is 29.4. The highest BCUT2D eigenvalue weighted by Crippen LogP contribution is 2.41. The number of aliphatic imine (C=N–C) groups is 2. The van der Waals surface area contributed by atoms with Gasteiger partial charge in [-0.3, -0.25) is 19.6 Å². The minimum absolute atomic E-state index is 0.0208. The van der Waals surface area contributed by atoms with Gasteiger partial charge in [0.1, 0.15) is 18.1 Å². The van der Waals surface area contributed by atoms with E-state index >= 15 is 0 Å². The first-order chi connectivity index (χ1) is 29.9. The molecule has 0 bridgehead atoms. The van der Waals surface area contributed by atoms with Gasteiger partial charge in [-0.1, -0.05) is 77.5 Å². The summed E-state index contributed by atoms with van der Waals surface area (Å²) in [5, 5.41) is 7.49.